The lowest BCUT2D eigenvalue weighted by atomic mass is 9.98. The third kappa shape index (κ3) is 5.16. The van der Waals surface area contributed by atoms with Crippen molar-refractivity contribution in [2.24, 2.45) is 5.92 Å². The van der Waals surface area contributed by atoms with Crippen LogP contribution in [-0.2, 0) is 19.1 Å². The standard InChI is InChI=1S/C12H20N2O4/c1-2-18-11(16)4-3-7-13-12(17)9-5-6-10(15)14-8-9/h9H,2-8H2,1H3,(H,13,17)(H,14,15). The molecule has 1 aliphatic heterocycles. The van der Waals surface area contributed by atoms with Gasteiger partial charge in [-0.2, -0.15) is 0 Å². The number of piperidine rings is 1. The molecule has 2 N–H and O–H groups in total. The van der Waals surface area contributed by atoms with Crippen molar-refractivity contribution in [3.05, 3.63) is 0 Å². The highest BCUT2D eigenvalue weighted by molar-refractivity contribution is 5.83. The molecule has 1 rings (SSSR count). The van der Waals surface area contributed by atoms with Gasteiger partial charge in [-0.15, -0.1) is 0 Å². The van der Waals surface area contributed by atoms with Gasteiger partial charge in [-0.3, -0.25) is 14.4 Å². The molecule has 0 aromatic carbocycles. The molecule has 1 heterocycles. The minimum absolute atomic E-state index is 0.00126. The fraction of sp³-hybridized carbons (Fsp3) is 0.750. The average molecular weight is 256 g/mol. The second-order valence-corrected chi connectivity index (χ2v) is 4.24. The van der Waals surface area contributed by atoms with Gasteiger partial charge in [-0.25, -0.2) is 0 Å². The van der Waals surface area contributed by atoms with Crippen LogP contribution < -0.4 is 10.6 Å². The SMILES string of the molecule is CCOC(=O)CCCNC(=O)C1CCC(=O)NC1. The van der Waals surface area contributed by atoms with Crippen LogP contribution in [0, 0.1) is 5.92 Å². The second-order valence-electron chi connectivity index (χ2n) is 4.24. The van der Waals surface area contributed by atoms with E-state index in [1.165, 1.54) is 0 Å². The lowest BCUT2D eigenvalue weighted by Crippen LogP contribution is -2.43. The molecular formula is C12H20N2O4. The second kappa shape index (κ2) is 7.68. The van der Waals surface area contributed by atoms with Gasteiger partial charge in [0.25, 0.3) is 0 Å². The predicted octanol–water partition coefficient (Wildman–Crippen LogP) is -0.0279. The maximum atomic E-state index is 11.7. The van der Waals surface area contributed by atoms with E-state index < -0.39 is 0 Å². The fourth-order valence-corrected chi connectivity index (χ4v) is 1.78. The zero-order valence-corrected chi connectivity index (χ0v) is 10.7. The summed E-state index contributed by atoms with van der Waals surface area (Å²) in [5.74, 6) is -0.442. The number of esters is 1. The third-order valence-corrected chi connectivity index (χ3v) is 2.80. The summed E-state index contributed by atoms with van der Waals surface area (Å²) in [5, 5.41) is 5.43. The minimum Gasteiger partial charge on any atom is -0.466 e. The quantitative estimate of drug-likeness (QED) is 0.516. The lowest BCUT2D eigenvalue weighted by molar-refractivity contribution is -0.143. The summed E-state index contributed by atoms with van der Waals surface area (Å²) in [5.41, 5.74) is 0. The Balaban J connectivity index is 2.10. The Hall–Kier alpha value is -1.59. The van der Waals surface area contributed by atoms with Gasteiger partial charge in [0.15, 0.2) is 0 Å². The molecule has 0 bridgehead atoms. The maximum Gasteiger partial charge on any atom is 0.305 e. The van der Waals surface area contributed by atoms with Crippen LogP contribution in [0.4, 0.5) is 0 Å². The van der Waals surface area contributed by atoms with E-state index in [0.29, 0.717) is 45.4 Å². The molecule has 0 aliphatic carbocycles. The van der Waals surface area contributed by atoms with E-state index in [-0.39, 0.29) is 23.7 Å². The van der Waals surface area contributed by atoms with E-state index in [2.05, 4.69) is 10.6 Å². The molecule has 0 aromatic heterocycles. The van der Waals surface area contributed by atoms with Gasteiger partial charge >= 0.3 is 5.97 Å². The number of hydrogen-bond donors (Lipinski definition) is 2. The Morgan fingerprint density at radius 3 is 2.89 bits per heavy atom. The number of amides is 2. The summed E-state index contributed by atoms with van der Waals surface area (Å²) in [6.07, 6.45) is 1.88. The summed E-state index contributed by atoms with van der Waals surface area (Å²) in [7, 11) is 0. The van der Waals surface area contributed by atoms with Crippen LogP contribution in [0.1, 0.15) is 32.6 Å². The van der Waals surface area contributed by atoms with E-state index in [1.807, 2.05) is 0 Å². The Kier molecular flexibility index (Phi) is 6.18. The highest BCUT2D eigenvalue weighted by atomic mass is 16.5. The summed E-state index contributed by atoms with van der Waals surface area (Å²) in [4.78, 5) is 33.7. The first kappa shape index (κ1) is 14.5. The van der Waals surface area contributed by atoms with Gasteiger partial charge in [0, 0.05) is 25.9 Å². The van der Waals surface area contributed by atoms with Gasteiger partial charge in [0.05, 0.1) is 12.5 Å². The van der Waals surface area contributed by atoms with Crippen molar-refractivity contribution in [2.45, 2.75) is 32.6 Å². The Bertz CT molecular complexity index is 307. The first-order valence-electron chi connectivity index (χ1n) is 6.33. The van der Waals surface area contributed by atoms with Crippen LogP contribution in [0.2, 0.25) is 0 Å². The van der Waals surface area contributed by atoms with E-state index >= 15 is 0 Å². The summed E-state index contributed by atoms with van der Waals surface area (Å²) in [6, 6.07) is 0. The molecule has 1 aliphatic rings. The lowest BCUT2D eigenvalue weighted by Gasteiger charge is -2.21. The molecule has 1 saturated heterocycles. The van der Waals surface area contributed by atoms with E-state index in [1.54, 1.807) is 6.92 Å². The number of carbonyl (C=O) groups is 3. The Morgan fingerprint density at radius 2 is 2.28 bits per heavy atom. The normalized spacial score (nSPS) is 18.9. The number of ether oxygens (including phenoxy) is 1. The van der Waals surface area contributed by atoms with Crippen LogP contribution in [-0.4, -0.2) is 37.5 Å². The van der Waals surface area contributed by atoms with Crippen LogP contribution in [0.3, 0.4) is 0 Å². The van der Waals surface area contributed by atoms with E-state index in [0.717, 1.165) is 0 Å². The molecule has 1 atom stereocenters. The Labute approximate surface area is 106 Å². The van der Waals surface area contributed by atoms with Gasteiger partial charge in [-0.1, -0.05) is 0 Å². The van der Waals surface area contributed by atoms with Crippen LogP contribution in [0.25, 0.3) is 0 Å². The third-order valence-electron chi connectivity index (χ3n) is 2.80. The topological polar surface area (TPSA) is 84.5 Å². The van der Waals surface area contributed by atoms with Crippen molar-refractivity contribution in [1.29, 1.82) is 0 Å². The molecule has 1 unspecified atom stereocenters. The maximum absolute atomic E-state index is 11.7. The van der Waals surface area contributed by atoms with Crippen LogP contribution >= 0.6 is 0 Å². The van der Waals surface area contributed by atoms with Crippen molar-refractivity contribution < 1.29 is 19.1 Å². The monoisotopic (exact) mass is 256 g/mol. The van der Waals surface area contributed by atoms with Crippen LogP contribution in [0.15, 0.2) is 0 Å². The first-order valence-corrected chi connectivity index (χ1v) is 6.33. The number of rotatable bonds is 6. The number of hydrogen-bond acceptors (Lipinski definition) is 4. The Morgan fingerprint density at radius 1 is 1.50 bits per heavy atom. The molecule has 2 amide bonds. The minimum atomic E-state index is -0.239. The largest absolute Gasteiger partial charge is 0.466 e. The highest BCUT2D eigenvalue weighted by Crippen LogP contribution is 2.10. The molecule has 1 fully saturated rings. The van der Waals surface area contributed by atoms with Crippen molar-refractivity contribution in [1.82, 2.24) is 10.6 Å². The summed E-state index contributed by atoms with van der Waals surface area (Å²) < 4.78 is 4.78. The molecule has 6 nitrogen and oxygen atoms in total. The highest BCUT2D eigenvalue weighted by Gasteiger charge is 2.23. The van der Waals surface area contributed by atoms with Gasteiger partial charge in [0.2, 0.25) is 11.8 Å². The van der Waals surface area contributed by atoms with Crippen LogP contribution in [0.5, 0.6) is 0 Å². The van der Waals surface area contributed by atoms with Crippen molar-refractivity contribution in [3.63, 3.8) is 0 Å². The fourth-order valence-electron chi connectivity index (χ4n) is 1.78. The van der Waals surface area contributed by atoms with Gasteiger partial charge < -0.3 is 15.4 Å². The smallest absolute Gasteiger partial charge is 0.305 e. The zero-order valence-electron chi connectivity index (χ0n) is 10.7. The van der Waals surface area contributed by atoms with Crippen molar-refractivity contribution >= 4 is 17.8 Å². The first-order chi connectivity index (χ1) is 8.63. The predicted molar refractivity (Wildman–Crippen MR) is 64.6 cm³/mol. The summed E-state index contributed by atoms with van der Waals surface area (Å²) in [6.45, 7) is 3.01. The van der Waals surface area contributed by atoms with Gasteiger partial charge in [0.1, 0.15) is 0 Å². The molecule has 0 spiro atoms. The number of nitrogens with one attached hydrogen (secondary N) is 2. The van der Waals surface area contributed by atoms with E-state index in [9.17, 15) is 14.4 Å². The molecule has 6 heteroatoms. The average Bonchev–Trinajstić information content (AvgIpc) is 2.35. The molecule has 102 valence electrons. The van der Waals surface area contributed by atoms with Gasteiger partial charge in [-0.05, 0) is 19.8 Å². The number of carbonyl (C=O) groups excluding carboxylic acids is 3. The molecular weight excluding hydrogens is 236 g/mol. The van der Waals surface area contributed by atoms with Crippen molar-refractivity contribution in [2.75, 3.05) is 19.7 Å². The molecule has 0 radical (unpaired) electrons. The summed E-state index contributed by atoms with van der Waals surface area (Å²) >= 11 is 0. The molecule has 0 saturated carbocycles. The molecule has 18 heavy (non-hydrogen) atoms. The van der Waals surface area contributed by atoms with Crippen molar-refractivity contribution in [3.8, 4) is 0 Å². The zero-order chi connectivity index (χ0) is 13.4. The molecule has 0 aromatic rings. The van der Waals surface area contributed by atoms with E-state index in [4.69, 9.17) is 4.74 Å².